The van der Waals surface area contributed by atoms with Gasteiger partial charge in [-0.15, -0.1) is 0 Å². The quantitative estimate of drug-likeness (QED) is 0.828. The molecule has 23 heavy (non-hydrogen) atoms. The second-order valence-electron chi connectivity index (χ2n) is 5.96. The normalized spacial score (nSPS) is 21.6. The van der Waals surface area contributed by atoms with Crippen LogP contribution in [0.4, 0.5) is 0 Å². The van der Waals surface area contributed by atoms with E-state index in [0.29, 0.717) is 45.8 Å². The average Bonchev–Trinajstić information content (AvgIpc) is 2.96. The lowest BCUT2D eigenvalue weighted by Crippen LogP contribution is -2.44. The van der Waals surface area contributed by atoms with Crippen molar-refractivity contribution in [2.75, 3.05) is 40.0 Å². The summed E-state index contributed by atoms with van der Waals surface area (Å²) in [6, 6.07) is 7.66. The number of morpholine rings is 1. The second kappa shape index (κ2) is 7.00. The van der Waals surface area contributed by atoms with E-state index in [9.17, 15) is 9.59 Å². The van der Waals surface area contributed by atoms with Gasteiger partial charge in [-0.05, 0) is 17.7 Å². The Hall–Kier alpha value is -2.08. The fourth-order valence-corrected chi connectivity index (χ4v) is 3.08. The predicted molar refractivity (Wildman–Crippen MR) is 83.9 cm³/mol. The molecule has 0 saturated carbocycles. The zero-order chi connectivity index (χ0) is 16.2. The first-order chi connectivity index (χ1) is 11.2. The zero-order valence-electron chi connectivity index (χ0n) is 13.4. The van der Waals surface area contributed by atoms with E-state index in [0.717, 1.165) is 11.3 Å². The average molecular weight is 318 g/mol. The van der Waals surface area contributed by atoms with Gasteiger partial charge in [-0.1, -0.05) is 12.1 Å². The number of hydrogen-bond acceptors (Lipinski definition) is 4. The van der Waals surface area contributed by atoms with Gasteiger partial charge in [-0.2, -0.15) is 0 Å². The van der Waals surface area contributed by atoms with Crippen LogP contribution in [0.1, 0.15) is 12.0 Å². The first-order valence-corrected chi connectivity index (χ1v) is 7.94. The molecular weight excluding hydrogens is 296 g/mol. The van der Waals surface area contributed by atoms with Crippen LogP contribution in [-0.2, 0) is 20.9 Å². The lowest BCUT2D eigenvalue weighted by molar-refractivity contribution is -0.139. The van der Waals surface area contributed by atoms with Crippen LogP contribution in [0.5, 0.6) is 5.75 Å². The second-order valence-corrected chi connectivity index (χ2v) is 5.96. The van der Waals surface area contributed by atoms with Crippen LogP contribution in [-0.4, -0.2) is 61.6 Å². The molecule has 0 unspecified atom stereocenters. The minimum absolute atomic E-state index is 0.0485. The fraction of sp³-hybridized carbons (Fsp3) is 0.529. The summed E-state index contributed by atoms with van der Waals surface area (Å²) in [5.74, 6) is 0.701. The van der Waals surface area contributed by atoms with Crippen molar-refractivity contribution in [1.82, 2.24) is 9.80 Å². The molecule has 1 aromatic rings. The van der Waals surface area contributed by atoms with Crippen molar-refractivity contribution in [3.63, 3.8) is 0 Å². The van der Waals surface area contributed by atoms with Gasteiger partial charge in [0.25, 0.3) is 0 Å². The number of likely N-dealkylation sites (tertiary alicyclic amines) is 1. The maximum Gasteiger partial charge on any atom is 0.228 e. The van der Waals surface area contributed by atoms with Gasteiger partial charge in [-0.25, -0.2) is 0 Å². The molecule has 0 aliphatic carbocycles. The third-order valence-electron chi connectivity index (χ3n) is 4.42. The van der Waals surface area contributed by atoms with Crippen LogP contribution in [0, 0.1) is 5.92 Å². The third-order valence-corrected chi connectivity index (χ3v) is 4.42. The molecule has 2 fully saturated rings. The van der Waals surface area contributed by atoms with Crippen molar-refractivity contribution in [2.24, 2.45) is 5.92 Å². The Balaban J connectivity index is 1.59. The molecule has 0 radical (unpaired) electrons. The van der Waals surface area contributed by atoms with Gasteiger partial charge in [0.15, 0.2) is 0 Å². The molecule has 0 bridgehead atoms. The number of ether oxygens (including phenoxy) is 2. The minimum Gasteiger partial charge on any atom is -0.497 e. The van der Waals surface area contributed by atoms with Gasteiger partial charge in [0.2, 0.25) is 11.8 Å². The van der Waals surface area contributed by atoms with Gasteiger partial charge >= 0.3 is 0 Å². The van der Waals surface area contributed by atoms with E-state index < -0.39 is 0 Å². The van der Waals surface area contributed by atoms with E-state index in [2.05, 4.69) is 0 Å². The molecule has 6 nitrogen and oxygen atoms in total. The van der Waals surface area contributed by atoms with Crippen molar-refractivity contribution in [3.8, 4) is 5.75 Å². The van der Waals surface area contributed by atoms with Gasteiger partial charge in [0.05, 0.1) is 26.2 Å². The van der Waals surface area contributed by atoms with Gasteiger partial charge in [0.1, 0.15) is 5.75 Å². The Labute approximate surface area is 136 Å². The molecule has 124 valence electrons. The predicted octanol–water partition coefficient (Wildman–Crippen LogP) is 0.902. The molecule has 0 spiro atoms. The first-order valence-electron chi connectivity index (χ1n) is 7.94. The van der Waals surface area contributed by atoms with E-state index in [1.807, 2.05) is 29.2 Å². The van der Waals surface area contributed by atoms with Crippen LogP contribution in [0.15, 0.2) is 24.3 Å². The summed E-state index contributed by atoms with van der Waals surface area (Å²) in [5, 5.41) is 0. The Bertz CT molecular complexity index is 566. The number of benzene rings is 1. The molecule has 2 amide bonds. The van der Waals surface area contributed by atoms with E-state index >= 15 is 0 Å². The molecule has 6 heteroatoms. The summed E-state index contributed by atoms with van der Waals surface area (Å²) in [6.45, 7) is 3.46. The third kappa shape index (κ3) is 3.64. The van der Waals surface area contributed by atoms with Crippen LogP contribution in [0.2, 0.25) is 0 Å². The Morgan fingerprint density at radius 3 is 2.61 bits per heavy atom. The number of amides is 2. The largest absolute Gasteiger partial charge is 0.497 e. The highest BCUT2D eigenvalue weighted by Crippen LogP contribution is 2.23. The molecule has 0 aromatic heterocycles. The number of nitrogens with zero attached hydrogens (tertiary/aromatic N) is 2. The summed E-state index contributed by atoms with van der Waals surface area (Å²) >= 11 is 0. The standard InChI is InChI=1S/C17H22N2O4/c1-22-15-4-2-13(3-5-15)11-19-12-14(10-16(19)20)17(21)18-6-8-23-9-7-18/h2-5,14H,6-12H2,1H3/t14-/m1/s1. The monoisotopic (exact) mass is 318 g/mol. The SMILES string of the molecule is COc1ccc(CN2C[C@H](C(=O)N3CCOCC3)CC2=O)cc1. The first kappa shape index (κ1) is 15.8. The molecular formula is C17H22N2O4. The maximum atomic E-state index is 12.5. The highest BCUT2D eigenvalue weighted by atomic mass is 16.5. The number of carbonyl (C=O) groups is 2. The molecule has 0 N–H and O–H groups in total. The smallest absolute Gasteiger partial charge is 0.228 e. The van der Waals surface area contributed by atoms with Gasteiger partial charge in [-0.3, -0.25) is 9.59 Å². The highest BCUT2D eigenvalue weighted by molar-refractivity contribution is 5.89. The Kier molecular flexibility index (Phi) is 4.81. The van der Waals surface area contributed by atoms with Crippen molar-refractivity contribution in [3.05, 3.63) is 29.8 Å². The molecule has 2 aliphatic rings. The van der Waals surface area contributed by atoms with Crippen LogP contribution in [0.25, 0.3) is 0 Å². The lowest BCUT2D eigenvalue weighted by atomic mass is 10.1. The molecule has 3 rings (SSSR count). The van der Waals surface area contributed by atoms with Crippen LogP contribution >= 0.6 is 0 Å². The molecule has 2 aliphatic heterocycles. The molecule has 1 atom stereocenters. The Morgan fingerprint density at radius 1 is 1.26 bits per heavy atom. The molecule has 2 saturated heterocycles. The van der Waals surface area contributed by atoms with Crippen molar-refractivity contribution in [1.29, 1.82) is 0 Å². The number of carbonyl (C=O) groups excluding carboxylic acids is 2. The minimum atomic E-state index is -0.223. The molecule has 1 aromatic carbocycles. The topological polar surface area (TPSA) is 59.1 Å². The summed E-state index contributed by atoms with van der Waals surface area (Å²) in [7, 11) is 1.63. The lowest BCUT2D eigenvalue weighted by Gasteiger charge is -2.29. The van der Waals surface area contributed by atoms with Crippen molar-refractivity contribution >= 4 is 11.8 Å². The maximum absolute atomic E-state index is 12.5. The van der Waals surface area contributed by atoms with E-state index in [1.54, 1.807) is 12.0 Å². The van der Waals surface area contributed by atoms with E-state index in [-0.39, 0.29) is 17.7 Å². The summed E-state index contributed by atoms with van der Waals surface area (Å²) in [5.41, 5.74) is 1.04. The summed E-state index contributed by atoms with van der Waals surface area (Å²) < 4.78 is 10.4. The van der Waals surface area contributed by atoms with Gasteiger partial charge < -0.3 is 19.3 Å². The summed E-state index contributed by atoms with van der Waals surface area (Å²) in [4.78, 5) is 28.3. The molecule has 2 heterocycles. The number of methoxy groups -OCH3 is 1. The van der Waals surface area contributed by atoms with Crippen molar-refractivity contribution < 1.29 is 19.1 Å². The highest BCUT2D eigenvalue weighted by Gasteiger charge is 2.36. The van der Waals surface area contributed by atoms with Crippen LogP contribution < -0.4 is 4.74 Å². The number of rotatable bonds is 4. The van der Waals surface area contributed by atoms with Gasteiger partial charge in [0, 0.05) is 32.6 Å². The van der Waals surface area contributed by atoms with Crippen molar-refractivity contribution in [2.45, 2.75) is 13.0 Å². The van der Waals surface area contributed by atoms with E-state index in [1.165, 1.54) is 0 Å². The van der Waals surface area contributed by atoms with Crippen LogP contribution in [0.3, 0.4) is 0 Å². The summed E-state index contributed by atoms with van der Waals surface area (Å²) in [6.07, 6.45) is 0.312. The Morgan fingerprint density at radius 2 is 1.96 bits per heavy atom. The zero-order valence-corrected chi connectivity index (χ0v) is 13.4. The fourth-order valence-electron chi connectivity index (χ4n) is 3.08. The van der Waals surface area contributed by atoms with E-state index in [4.69, 9.17) is 9.47 Å². The number of hydrogen-bond donors (Lipinski definition) is 0.